The van der Waals surface area contributed by atoms with Crippen LogP contribution in [0.15, 0.2) is 30.3 Å². The van der Waals surface area contributed by atoms with Crippen LogP contribution in [0.25, 0.3) is 0 Å². The van der Waals surface area contributed by atoms with Crippen LogP contribution in [0.3, 0.4) is 0 Å². The second kappa shape index (κ2) is 14.6. The van der Waals surface area contributed by atoms with Crippen molar-refractivity contribution in [2.45, 2.75) is 89.9 Å². The molecule has 11 nitrogen and oxygen atoms in total. The Bertz CT molecular complexity index is 1020. The van der Waals surface area contributed by atoms with Crippen molar-refractivity contribution in [3.63, 3.8) is 0 Å². The normalized spacial score (nSPS) is 18.1. The molecule has 1 aliphatic rings. The SMILES string of the molecule is CC[C@](C)(NC(=O)[C@@H](N)CCCCOC(=O)c1ccccc1)C(=O)N[C@H](C(=O)N1CCC[C@@H]1C(=O)O)C(C)C. The minimum absolute atomic E-state index is 0.196. The van der Waals surface area contributed by atoms with Crippen molar-refractivity contribution in [2.24, 2.45) is 11.7 Å². The molecule has 11 heteroatoms. The quantitative estimate of drug-likeness (QED) is 0.202. The minimum atomic E-state index is -1.33. The van der Waals surface area contributed by atoms with Gasteiger partial charge in [-0.15, -0.1) is 0 Å². The lowest BCUT2D eigenvalue weighted by atomic mass is 9.94. The van der Waals surface area contributed by atoms with Gasteiger partial charge in [0.1, 0.15) is 17.6 Å². The number of benzene rings is 1. The van der Waals surface area contributed by atoms with Gasteiger partial charge in [0.25, 0.3) is 0 Å². The van der Waals surface area contributed by atoms with Crippen LogP contribution in [0.1, 0.15) is 76.6 Å². The molecule has 0 aromatic heterocycles. The molecule has 4 atom stereocenters. The first-order valence-electron chi connectivity index (χ1n) is 13.5. The van der Waals surface area contributed by atoms with Crippen LogP contribution >= 0.6 is 0 Å². The number of rotatable bonds is 14. The number of hydrogen-bond donors (Lipinski definition) is 4. The van der Waals surface area contributed by atoms with E-state index in [0.717, 1.165) is 0 Å². The number of hydrogen-bond acceptors (Lipinski definition) is 7. The molecule has 1 saturated heterocycles. The van der Waals surface area contributed by atoms with Gasteiger partial charge in [0.05, 0.1) is 18.2 Å². The maximum atomic E-state index is 13.3. The fourth-order valence-electron chi connectivity index (χ4n) is 4.37. The Labute approximate surface area is 229 Å². The second-order valence-corrected chi connectivity index (χ2v) is 10.5. The predicted molar refractivity (Wildman–Crippen MR) is 145 cm³/mol. The molecule has 0 unspecified atom stereocenters. The highest BCUT2D eigenvalue weighted by atomic mass is 16.5. The number of nitrogens with two attached hydrogens (primary N) is 1. The van der Waals surface area contributed by atoms with Gasteiger partial charge in [-0.25, -0.2) is 9.59 Å². The third-order valence-corrected chi connectivity index (χ3v) is 7.14. The standard InChI is InChI=1S/C28H42N4O7/c1-5-28(4,27(38)30-22(18(2)3)24(34)32-16-11-15-21(32)25(35)36)31-23(33)20(29)14-9-10-17-39-26(37)19-12-7-6-8-13-19/h6-8,12-13,18,20-22H,5,9-11,14-17,29H2,1-4H3,(H,30,38)(H,31,33)(H,35,36)/t20-,21+,22-,28-/m0/s1. The number of nitrogens with one attached hydrogen (secondary N) is 2. The molecule has 0 saturated carbocycles. The third-order valence-electron chi connectivity index (χ3n) is 7.14. The first-order chi connectivity index (χ1) is 18.4. The topological polar surface area (TPSA) is 168 Å². The van der Waals surface area contributed by atoms with E-state index < -0.39 is 53.3 Å². The molecule has 3 amide bonds. The predicted octanol–water partition coefficient (Wildman–Crippen LogP) is 1.84. The van der Waals surface area contributed by atoms with Gasteiger partial charge in [-0.1, -0.05) is 39.0 Å². The smallest absolute Gasteiger partial charge is 0.338 e. The fourth-order valence-corrected chi connectivity index (χ4v) is 4.37. The number of carboxylic acids is 1. The third kappa shape index (κ3) is 8.77. The minimum Gasteiger partial charge on any atom is -0.480 e. The summed E-state index contributed by atoms with van der Waals surface area (Å²) >= 11 is 0. The zero-order valence-corrected chi connectivity index (χ0v) is 23.3. The van der Waals surface area contributed by atoms with E-state index in [1.165, 1.54) is 4.90 Å². The van der Waals surface area contributed by atoms with Crippen molar-refractivity contribution in [3.05, 3.63) is 35.9 Å². The van der Waals surface area contributed by atoms with E-state index in [0.29, 0.717) is 44.2 Å². The number of unbranched alkanes of at least 4 members (excludes halogenated alkanes) is 1. The molecular weight excluding hydrogens is 504 g/mol. The summed E-state index contributed by atoms with van der Waals surface area (Å²) in [6.07, 6.45) is 2.59. The van der Waals surface area contributed by atoms with Gasteiger partial charge in [0, 0.05) is 6.54 Å². The highest BCUT2D eigenvalue weighted by Crippen LogP contribution is 2.21. The first-order valence-corrected chi connectivity index (χ1v) is 13.5. The van der Waals surface area contributed by atoms with Gasteiger partial charge in [0.15, 0.2) is 0 Å². The number of esters is 1. The average molecular weight is 547 g/mol. The number of carbonyl (C=O) groups is 5. The fraction of sp³-hybridized carbons (Fsp3) is 0.607. The van der Waals surface area contributed by atoms with Crippen LogP contribution in [-0.4, -0.2) is 76.5 Å². The van der Waals surface area contributed by atoms with Gasteiger partial charge >= 0.3 is 11.9 Å². The second-order valence-electron chi connectivity index (χ2n) is 10.5. The Morgan fingerprint density at radius 2 is 1.82 bits per heavy atom. The molecule has 0 aliphatic carbocycles. The van der Waals surface area contributed by atoms with E-state index in [4.69, 9.17) is 10.5 Å². The Morgan fingerprint density at radius 3 is 2.41 bits per heavy atom. The van der Waals surface area contributed by atoms with Crippen molar-refractivity contribution in [2.75, 3.05) is 13.2 Å². The van der Waals surface area contributed by atoms with E-state index in [2.05, 4.69) is 10.6 Å². The largest absolute Gasteiger partial charge is 0.480 e. The van der Waals surface area contributed by atoms with E-state index in [1.54, 1.807) is 52.0 Å². The zero-order chi connectivity index (χ0) is 29.2. The van der Waals surface area contributed by atoms with Crippen molar-refractivity contribution < 1.29 is 33.8 Å². The van der Waals surface area contributed by atoms with E-state index >= 15 is 0 Å². The Kier molecular flexibility index (Phi) is 11.9. The van der Waals surface area contributed by atoms with Crippen molar-refractivity contribution in [3.8, 4) is 0 Å². The maximum Gasteiger partial charge on any atom is 0.338 e. The lowest BCUT2D eigenvalue weighted by molar-refractivity contribution is -0.150. The lowest BCUT2D eigenvalue weighted by Gasteiger charge is -2.34. The zero-order valence-electron chi connectivity index (χ0n) is 23.3. The molecule has 39 heavy (non-hydrogen) atoms. The molecule has 1 heterocycles. The molecule has 1 aliphatic heterocycles. The summed E-state index contributed by atoms with van der Waals surface area (Å²) < 4.78 is 5.24. The summed E-state index contributed by atoms with van der Waals surface area (Å²) in [5.74, 6) is -3.28. The monoisotopic (exact) mass is 546 g/mol. The molecule has 0 radical (unpaired) electrons. The summed E-state index contributed by atoms with van der Waals surface area (Å²) in [6, 6.07) is 5.92. The Morgan fingerprint density at radius 1 is 1.15 bits per heavy atom. The molecule has 1 aromatic carbocycles. The first kappa shape index (κ1) is 31.7. The van der Waals surface area contributed by atoms with Crippen molar-refractivity contribution >= 4 is 29.7 Å². The van der Waals surface area contributed by atoms with E-state index in [9.17, 15) is 29.1 Å². The van der Waals surface area contributed by atoms with E-state index in [1.807, 2.05) is 6.07 Å². The molecule has 1 aromatic rings. The van der Waals surface area contributed by atoms with Gasteiger partial charge < -0.3 is 31.1 Å². The van der Waals surface area contributed by atoms with Crippen LogP contribution in [-0.2, 0) is 23.9 Å². The van der Waals surface area contributed by atoms with E-state index in [-0.39, 0.29) is 18.9 Å². The van der Waals surface area contributed by atoms with Crippen LogP contribution < -0.4 is 16.4 Å². The van der Waals surface area contributed by atoms with Crippen LogP contribution in [0.4, 0.5) is 0 Å². The number of ether oxygens (including phenoxy) is 1. The van der Waals surface area contributed by atoms with Gasteiger partial charge in [-0.3, -0.25) is 14.4 Å². The summed E-state index contributed by atoms with van der Waals surface area (Å²) in [5, 5.41) is 14.9. The number of amides is 3. The molecule has 0 spiro atoms. The van der Waals surface area contributed by atoms with Crippen LogP contribution in [0.5, 0.6) is 0 Å². The Hall–Kier alpha value is -3.47. The van der Waals surface area contributed by atoms with Gasteiger partial charge in [-0.05, 0) is 63.5 Å². The van der Waals surface area contributed by atoms with Gasteiger partial charge in [0.2, 0.25) is 17.7 Å². The van der Waals surface area contributed by atoms with Crippen LogP contribution in [0, 0.1) is 5.92 Å². The molecule has 1 fully saturated rings. The summed E-state index contributed by atoms with van der Waals surface area (Å²) in [6.45, 7) is 7.35. The van der Waals surface area contributed by atoms with Crippen molar-refractivity contribution in [1.82, 2.24) is 15.5 Å². The average Bonchev–Trinajstić information content (AvgIpc) is 3.41. The number of aliphatic carboxylic acids is 1. The lowest BCUT2D eigenvalue weighted by Crippen LogP contribution is -2.63. The highest BCUT2D eigenvalue weighted by Gasteiger charge is 2.41. The maximum absolute atomic E-state index is 13.3. The van der Waals surface area contributed by atoms with Crippen molar-refractivity contribution in [1.29, 1.82) is 0 Å². The molecular formula is C28H42N4O7. The number of nitrogens with zero attached hydrogens (tertiary/aromatic N) is 1. The van der Waals surface area contributed by atoms with Crippen LogP contribution in [0.2, 0.25) is 0 Å². The number of likely N-dealkylation sites (tertiary alicyclic amines) is 1. The number of carboxylic acid groups (broad SMARTS) is 1. The summed E-state index contributed by atoms with van der Waals surface area (Å²) in [7, 11) is 0. The molecule has 2 rings (SSSR count). The Balaban J connectivity index is 1.88. The van der Waals surface area contributed by atoms with Gasteiger partial charge in [-0.2, -0.15) is 0 Å². The highest BCUT2D eigenvalue weighted by molar-refractivity contribution is 5.96. The molecule has 0 bridgehead atoms. The molecule has 216 valence electrons. The molecule has 5 N–H and O–H groups in total. The summed E-state index contributed by atoms with van der Waals surface area (Å²) in [4.78, 5) is 64.1. The summed E-state index contributed by atoms with van der Waals surface area (Å²) in [5.41, 5.74) is 5.21. The number of carbonyl (C=O) groups excluding carboxylic acids is 4.